The molecule has 0 bridgehead atoms. The maximum atomic E-state index is 12.5. The van der Waals surface area contributed by atoms with Gasteiger partial charge in [0.2, 0.25) is 0 Å². The van der Waals surface area contributed by atoms with Crippen molar-refractivity contribution in [3.8, 4) is 0 Å². The molecule has 0 unspecified atom stereocenters. The van der Waals surface area contributed by atoms with Crippen LogP contribution in [0.15, 0.2) is 52.7 Å². The summed E-state index contributed by atoms with van der Waals surface area (Å²) in [6.45, 7) is 4.17. The number of hydrogen-bond donors (Lipinski definition) is 0. The van der Waals surface area contributed by atoms with Gasteiger partial charge in [0.05, 0.1) is 16.9 Å². The molecule has 3 rings (SSSR count). The first-order chi connectivity index (χ1) is 11.5. The van der Waals surface area contributed by atoms with Crippen molar-refractivity contribution in [2.24, 2.45) is 10.2 Å². The molecule has 0 amide bonds. The van der Waals surface area contributed by atoms with Gasteiger partial charge in [0.25, 0.3) is 0 Å². The Morgan fingerprint density at radius 1 is 1.00 bits per heavy atom. The van der Waals surface area contributed by atoms with Crippen LogP contribution in [0.2, 0.25) is 0 Å². The maximum Gasteiger partial charge on any atom is 0.416 e. The van der Waals surface area contributed by atoms with Gasteiger partial charge in [-0.2, -0.15) is 23.4 Å². The zero-order valence-electron chi connectivity index (χ0n) is 13.3. The highest BCUT2D eigenvalue weighted by Crippen LogP contribution is 2.32. The van der Waals surface area contributed by atoms with Gasteiger partial charge in [-0.1, -0.05) is 0 Å². The number of fused-ring (bicyclic) bond motifs is 1. The van der Waals surface area contributed by atoms with Gasteiger partial charge < -0.3 is 4.90 Å². The highest BCUT2D eigenvalue weighted by atomic mass is 19.4. The fraction of sp³-hybridized carbons (Fsp3) is 0.333. The summed E-state index contributed by atoms with van der Waals surface area (Å²) in [6.07, 6.45) is -2.21. The van der Waals surface area contributed by atoms with E-state index >= 15 is 0 Å². The monoisotopic (exact) mass is 333 g/mol. The van der Waals surface area contributed by atoms with Crippen molar-refractivity contribution < 1.29 is 13.2 Å². The number of hydrogen-bond acceptors (Lipinski definition) is 3. The molecular formula is C18H18F3N3. The van der Waals surface area contributed by atoms with Gasteiger partial charge in [-0.3, -0.25) is 0 Å². The number of azo groups is 1. The van der Waals surface area contributed by atoms with Crippen LogP contribution < -0.4 is 4.90 Å². The Balaban J connectivity index is 1.77. The molecule has 0 saturated heterocycles. The smallest absolute Gasteiger partial charge is 0.372 e. The summed E-state index contributed by atoms with van der Waals surface area (Å²) in [5, 5.41) is 8.18. The molecule has 0 N–H and O–H groups in total. The van der Waals surface area contributed by atoms with Gasteiger partial charge in [-0.15, -0.1) is 0 Å². The van der Waals surface area contributed by atoms with E-state index in [9.17, 15) is 13.2 Å². The summed E-state index contributed by atoms with van der Waals surface area (Å²) in [7, 11) is 0. The van der Waals surface area contributed by atoms with E-state index in [1.807, 2.05) is 18.2 Å². The Morgan fingerprint density at radius 3 is 2.33 bits per heavy atom. The van der Waals surface area contributed by atoms with Crippen LogP contribution in [-0.2, 0) is 12.6 Å². The Hall–Kier alpha value is -2.37. The highest BCUT2D eigenvalue weighted by Gasteiger charge is 2.29. The molecule has 2 aromatic rings. The molecule has 0 spiro atoms. The molecule has 24 heavy (non-hydrogen) atoms. The first-order valence-electron chi connectivity index (χ1n) is 7.94. The van der Waals surface area contributed by atoms with Crippen molar-refractivity contribution in [1.82, 2.24) is 0 Å². The van der Waals surface area contributed by atoms with Gasteiger partial charge >= 0.3 is 6.18 Å². The molecule has 6 heteroatoms. The molecule has 1 aliphatic rings. The normalized spacial score (nSPS) is 14.9. The third-order valence-electron chi connectivity index (χ3n) is 4.14. The number of nitrogens with zero attached hydrogens (tertiary/aromatic N) is 3. The lowest BCUT2D eigenvalue weighted by Gasteiger charge is -2.30. The van der Waals surface area contributed by atoms with Crippen LogP contribution in [0.3, 0.4) is 0 Å². The summed E-state index contributed by atoms with van der Waals surface area (Å²) in [5.41, 5.74) is 2.90. The van der Waals surface area contributed by atoms with Gasteiger partial charge in [-0.25, -0.2) is 0 Å². The van der Waals surface area contributed by atoms with Crippen LogP contribution in [0, 0.1) is 0 Å². The van der Waals surface area contributed by atoms with Crippen molar-refractivity contribution in [3.63, 3.8) is 0 Å². The van der Waals surface area contributed by atoms with E-state index in [-0.39, 0.29) is 0 Å². The van der Waals surface area contributed by atoms with E-state index in [1.165, 1.54) is 23.4 Å². The molecule has 2 aromatic carbocycles. The first-order valence-corrected chi connectivity index (χ1v) is 7.94. The molecule has 0 radical (unpaired) electrons. The first kappa shape index (κ1) is 16.5. The van der Waals surface area contributed by atoms with Gasteiger partial charge in [0.15, 0.2) is 0 Å². The zero-order chi connectivity index (χ0) is 17.2. The number of aryl methyl sites for hydroxylation is 1. The van der Waals surface area contributed by atoms with E-state index < -0.39 is 11.7 Å². The minimum atomic E-state index is -4.33. The van der Waals surface area contributed by atoms with Crippen molar-refractivity contribution in [3.05, 3.63) is 53.6 Å². The SMILES string of the molecule is CCN1CCCc2cc(N=Nc3ccc(C(F)(F)F)cc3)ccc21. The minimum Gasteiger partial charge on any atom is -0.372 e. The van der Waals surface area contributed by atoms with Crippen LogP contribution in [-0.4, -0.2) is 13.1 Å². The van der Waals surface area contributed by atoms with Crippen molar-refractivity contribution in [1.29, 1.82) is 0 Å². The Labute approximate surface area is 138 Å². The van der Waals surface area contributed by atoms with E-state index in [2.05, 4.69) is 22.1 Å². The number of benzene rings is 2. The van der Waals surface area contributed by atoms with E-state index in [4.69, 9.17) is 0 Å². The average Bonchev–Trinajstić information content (AvgIpc) is 2.58. The average molecular weight is 333 g/mol. The Morgan fingerprint density at radius 2 is 1.67 bits per heavy atom. The third kappa shape index (κ3) is 3.58. The number of halogens is 3. The van der Waals surface area contributed by atoms with Gasteiger partial charge in [0, 0.05) is 18.8 Å². The van der Waals surface area contributed by atoms with Crippen LogP contribution in [0.5, 0.6) is 0 Å². The second kappa shape index (κ2) is 6.63. The molecule has 126 valence electrons. The van der Waals surface area contributed by atoms with Crippen molar-refractivity contribution in [2.75, 3.05) is 18.0 Å². The second-order valence-corrected chi connectivity index (χ2v) is 5.74. The molecule has 0 saturated carbocycles. The summed E-state index contributed by atoms with van der Waals surface area (Å²) in [5.74, 6) is 0. The molecular weight excluding hydrogens is 315 g/mol. The predicted octanol–water partition coefficient (Wildman–Crippen LogP) is 5.89. The summed E-state index contributed by atoms with van der Waals surface area (Å²) in [6, 6.07) is 10.6. The van der Waals surface area contributed by atoms with Crippen LogP contribution in [0.25, 0.3) is 0 Å². The standard InChI is InChI=1S/C18H18F3N3/c1-2-24-11-3-4-13-12-16(9-10-17(13)24)23-22-15-7-5-14(6-8-15)18(19,20)21/h5-10,12H,2-4,11H2,1H3. The van der Waals surface area contributed by atoms with Crippen LogP contribution in [0.4, 0.5) is 30.2 Å². The molecule has 0 fully saturated rings. The molecule has 1 aliphatic heterocycles. The third-order valence-corrected chi connectivity index (χ3v) is 4.14. The Kier molecular flexibility index (Phi) is 4.55. The predicted molar refractivity (Wildman–Crippen MR) is 88.3 cm³/mol. The zero-order valence-corrected chi connectivity index (χ0v) is 13.3. The summed E-state index contributed by atoms with van der Waals surface area (Å²) < 4.78 is 37.6. The quantitative estimate of drug-likeness (QED) is 0.643. The van der Waals surface area contributed by atoms with Crippen LogP contribution >= 0.6 is 0 Å². The fourth-order valence-electron chi connectivity index (χ4n) is 2.88. The Bertz CT molecular complexity index is 736. The van der Waals surface area contributed by atoms with Gasteiger partial charge in [-0.05, 0) is 67.8 Å². The van der Waals surface area contributed by atoms with E-state index in [0.29, 0.717) is 11.4 Å². The lowest BCUT2D eigenvalue weighted by Crippen LogP contribution is -2.28. The van der Waals surface area contributed by atoms with Gasteiger partial charge in [0.1, 0.15) is 0 Å². The van der Waals surface area contributed by atoms with Crippen molar-refractivity contribution in [2.45, 2.75) is 25.9 Å². The lowest BCUT2D eigenvalue weighted by atomic mass is 10.0. The van der Waals surface area contributed by atoms with Crippen molar-refractivity contribution >= 4 is 17.1 Å². The lowest BCUT2D eigenvalue weighted by molar-refractivity contribution is -0.137. The van der Waals surface area contributed by atoms with Crippen LogP contribution in [0.1, 0.15) is 24.5 Å². The molecule has 3 nitrogen and oxygen atoms in total. The maximum absolute atomic E-state index is 12.5. The number of rotatable bonds is 3. The molecule has 0 aliphatic carbocycles. The number of anilines is 1. The fourth-order valence-corrected chi connectivity index (χ4v) is 2.88. The van der Waals surface area contributed by atoms with E-state index in [1.54, 1.807) is 0 Å². The minimum absolute atomic E-state index is 0.399. The topological polar surface area (TPSA) is 28.0 Å². The molecule has 1 heterocycles. The molecule has 0 atom stereocenters. The summed E-state index contributed by atoms with van der Waals surface area (Å²) in [4.78, 5) is 2.33. The second-order valence-electron chi connectivity index (χ2n) is 5.74. The summed E-state index contributed by atoms with van der Waals surface area (Å²) >= 11 is 0. The molecule has 0 aromatic heterocycles. The largest absolute Gasteiger partial charge is 0.416 e. The number of alkyl halides is 3. The highest BCUT2D eigenvalue weighted by molar-refractivity contribution is 5.60. The van der Waals surface area contributed by atoms with E-state index in [0.717, 1.165) is 38.1 Å².